The molecular formula is C25H24O6. The molecule has 0 aliphatic rings. The average molecular weight is 420 g/mol. The second-order valence-electron chi connectivity index (χ2n) is 7.41. The second-order valence-corrected chi connectivity index (χ2v) is 7.41. The van der Waals surface area contributed by atoms with E-state index in [0.717, 1.165) is 16.3 Å². The molecule has 0 amide bonds. The highest BCUT2D eigenvalue weighted by molar-refractivity contribution is 6.05. The smallest absolute Gasteiger partial charge is 0.307 e. The number of carboxylic acid groups (broad SMARTS) is 2. The van der Waals surface area contributed by atoms with E-state index in [9.17, 15) is 14.7 Å². The van der Waals surface area contributed by atoms with E-state index < -0.39 is 24.3 Å². The molecule has 0 fully saturated rings. The summed E-state index contributed by atoms with van der Waals surface area (Å²) in [6, 6.07) is 21.1. The zero-order valence-electron chi connectivity index (χ0n) is 17.1. The molecule has 1 atom stereocenters. The zero-order valence-corrected chi connectivity index (χ0v) is 17.1. The number of aryl methyl sites for hydroxylation is 1. The summed E-state index contributed by atoms with van der Waals surface area (Å²) in [7, 11) is 0. The number of rotatable bonds is 6. The van der Waals surface area contributed by atoms with Gasteiger partial charge in [-0.15, -0.1) is 0 Å². The first-order chi connectivity index (χ1) is 14.9. The molecule has 3 N–H and O–H groups in total. The number of carboxylic acids is 2. The Labute approximate surface area is 179 Å². The van der Waals surface area contributed by atoms with E-state index in [0.29, 0.717) is 16.7 Å². The summed E-state index contributed by atoms with van der Waals surface area (Å²) >= 11 is 0. The van der Waals surface area contributed by atoms with E-state index in [-0.39, 0.29) is 13.0 Å². The first-order valence-corrected chi connectivity index (χ1v) is 9.88. The highest BCUT2D eigenvalue weighted by Crippen LogP contribution is 2.30. The van der Waals surface area contributed by atoms with Crippen LogP contribution < -0.4 is 0 Å². The number of carbonyl (C=O) groups is 2. The van der Waals surface area contributed by atoms with Crippen LogP contribution in [0.2, 0.25) is 0 Å². The lowest BCUT2D eigenvalue weighted by Crippen LogP contribution is -2.20. The topological polar surface area (TPSA) is 108 Å². The van der Waals surface area contributed by atoms with Crippen LogP contribution in [-0.2, 0) is 22.6 Å². The van der Waals surface area contributed by atoms with Crippen LogP contribution in [0.3, 0.4) is 0 Å². The van der Waals surface area contributed by atoms with Crippen LogP contribution in [0.5, 0.6) is 0 Å². The average Bonchev–Trinajstić information content (AvgIpc) is 3.10. The van der Waals surface area contributed by atoms with Gasteiger partial charge in [0, 0.05) is 10.8 Å². The molecule has 4 aromatic rings. The first-order valence-electron chi connectivity index (χ1n) is 9.88. The van der Waals surface area contributed by atoms with Crippen LogP contribution in [-0.4, -0.2) is 27.3 Å². The van der Waals surface area contributed by atoms with Gasteiger partial charge in [-0.3, -0.25) is 9.59 Å². The summed E-state index contributed by atoms with van der Waals surface area (Å²) in [6.45, 7) is 2.01. The highest BCUT2D eigenvalue weighted by atomic mass is 16.4. The van der Waals surface area contributed by atoms with Gasteiger partial charge in [0.2, 0.25) is 0 Å². The lowest BCUT2D eigenvalue weighted by molar-refractivity contribution is -0.148. The Morgan fingerprint density at radius 1 is 0.871 bits per heavy atom. The van der Waals surface area contributed by atoms with Crippen LogP contribution in [0.15, 0.2) is 71.1 Å². The lowest BCUT2D eigenvalue weighted by Gasteiger charge is -2.09. The third kappa shape index (κ3) is 5.71. The van der Waals surface area contributed by atoms with Crippen molar-refractivity contribution in [2.24, 2.45) is 5.92 Å². The Hall–Kier alpha value is -3.64. The summed E-state index contributed by atoms with van der Waals surface area (Å²) in [5.41, 5.74) is 4.03. The molecule has 0 radical (unpaired) electrons. The number of aliphatic hydroxyl groups excluding tert-OH is 1. The monoisotopic (exact) mass is 420 g/mol. The van der Waals surface area contributed by atoms with Crippen molar-refractivity contribution in [3.8, 4) is 0 Å². The fourth-order valence-electron chi connectivity index (χ4n) is 3.37. The Bertz CT molecular complexity index is 1190. The van der Waals surface area contributed by atoms with Crippen molar-refractivity contribution in [3.05, 3.63) is 83.4 Å². The standard InChI is InChI=1S/C18H16O6.C7H8/c19-9-11-2-4-14-13-3-1-10(6-15(13)24-16(14)7-11)5-12(18(22)23)8-17(20)21;1-7-5-3-2-4-6-7/h1-4,6-7,12,19H,5,8-9H2,(H,20,21)(H,22,23);2-6H,1H3/t12-;/m0./s1. The normalized spacial score (nSPS) is 11.7. The van der Waals surface area contributed by atoms with Crippen molar-refractivity contribution in [2.45, 2.75) is 26.4 Å². The Morgan fingerprint density at radius 2 is 1.45 bits per heavy atom. The molecule has 1 aromatic heterocycles. The van der Waals surface area contributed by atoms with E-state index in [2.05, 4.69) is 19.1 Å². The van der Waals surface area contributed by atoms with E-state index in [1.54, 1.807) is 18.2 Å². The molecule has 1 heterocycles. The largest absolute Gasteiger partial charge is 0.481 e. The molecule has 0 spiro atoms. The minimum Gasteiger partial charge on any atom is -0.481 e. The van der Waals surface area contributed by atoms with Crippen LogP contribution in [0.25, 0.3) is 21.9 Å². The third-order valence-corrected chi connectivity index (χ3v) is 4.98. The van der Waals surface area contributed by atoms with Crippen molar-refractivity contribution >= 4 is 33.9 Å². The van der Waals surface area contributed by atoms with Gasteiger partial charge in [-0.2, -0.15) is 0 Å². The molecule has 0 saturated carbocycles. The van der Waals surface area contributed by atoms with Gasteiger partial charge < -0.3 is 19.7 Å². The number of aliphatic carboxylic acids is 2. The Kier molecular flexibility index (Phi) is 7.05. The molecule has 0 bridgehead atoms. The second kappa shape index (κ2) is 9.91. The molecule has 31 heavy (non-hydrogen) atoms. The molecule has 0 unspecified atom stereocenters. The Balaban J connectivity index is 0.000000330. The van der Waals surface area contributed by atoms with Crippen LogP contribution in [0.4, 0.5) is 0 Å². The number of fused-ring (bicyclic) bond motifs is 3. The SMILES string of the molecule is Cc1ccccc1.O=C(O)C[C@H](Cc1ccc2c(c1)oc1cc(CO)ccc12)C(=O)O. The molecule has 160 valence electrons. The van der Waals surface area contributed by atoms with Gasteiger partial charge in [0.05, 0.1) is 18.9 Å². The van der Waals surface area contributed by atoms with Gasteiger partial charge in [0.15, 0.2) is 0 Å². The number of aliphatic hydroxyl groups is 1. The van der Waals surface area contributed by atoms with E-state index in [4.69, 9.17) is 14.6 Å². The van der Waals surface area contributed by atoms with Gasteiger partial charge in [0.1, 0.15) is 11.2 Å². The fraction of sp³-hybridized carbons (Fsp3) is 0.200. The highest BCUT2D eigenvalue weighted by Gasteiger charge is 2.22. The summed E-state index contributed by atoms with van der Waals surface area (Å²) in [6.07, 6.45) is -0.302. The summed E-state index contributed by atoms with van der Waals surface area (Å²) in [5.74, 6) is -3.25. The van der Waals surface area contributed by atoms with Gasteiger partial charge >= 0.3 is 11.9 Å². The molecule has 4 rings (SSSR count). The number of furan rings is 1. The van der Waals surface area contributed by atoms with Crippen LogP contribution >= 0.6 is 0 Å². The molecule has 6 nitrogen and oxygen atoms in total. The van der Waals surface area contributed by atoms with Gasteiger partial charge in [-0.05, 0) is 36.6 Å². The van der Waals surface area contributed by atoms with Crippen molar-refractivity contribution in [1.29, 1.82) is 0 Å². The third-order valence-electron chi connectivity index (χ3n) is 4.98. The molecule has 0 saturated heterocycles. The van der Waals surface area contributed by atoms with Gasteiger partial charge in [-0.1, -0.05) is 60.2 Å². The van der Waals surface area contributed by atoms with E-state index >= 15 is 0 Å². The van der Waals surface area contributed by atoms with Gasteiger partial charge in [0.25, 0.3) is 0 Å². The fourth-order valence-corrected chi connectivity index (χ4v) is 3.37. The van der Waals surface area contributed by atoms with Gasteiger partial charge in [-0.25, -0.2) is 0 Å². The molecule has 3 aromatic carbocycles. The maximum atomic E-state index is 11.2. The van der Waals surface area contributed by atoms with Crippen LogP contribution in [0.1, 0.15) is 23.1 Å². The zero-order chi connectivity index (χ0) is 22.4. The maximum absolute atomic E-state index is 11.2. The number of hydrogen-bond acceptors (Lipinski definition) is 4. The first kappa shape index (κ1) is 22.1. The van der Waals surface area contributed by atoms with Crippen molar-refractivity contribution in [3.63, 3.8) is 0 Å². The van der Waals surface area contributed by atoms with Crippen molar-refractivity contribution in [1.82, 2.24) is 0 Å². The number of hydrogen-bond donors (Lipinski definition) is 3. The van der Waals surface area contributed by atoms with E-state index in [1.165, 1.54) is 5.56 Å². The lowest BCUT2D eigenvalue weighted by atomic mass is 9.95. The molecular weight excluding hydrogens is 396 g/mol. The van der Waals surface area contributed by atoms with Crippen molar-refractivity contribution in [2.75, 3.05) is 0 Å². The molecule has 0 aliphatic heterocycles. The predicted molar refractivity (Wildman–Crippen MR) is 118 cm³/mol. The predicted octanol–water partition coefficient (Wildman–Crippen LogP) is 4.79. The van der Waals surface area contributed by atoms with Crippen LogP contribution in [0, 0.1) is 12.8 Å². The van der Waals surface area contributed by atoms with Crippen molar-refractivity contribution < 1.29 is 29.3 Å². The summed E-state index contributed by atoms with van der Waals surface area (Å²) in [5, 5.41) is 29.0. The maximum Gasteiger partial charge on any atom is 0.307 e. The minimum atomic E-state index is -1.14. The van der Waals surface area contributed by atoms with E-state index in [1.807, 2.05) is 36.4 Å². The quantitative estimate of drug-likeness (QED) is 0.414. The minimum absolute atomic E-state index is 0.0757. The Morgan fingerprint density at radius 3 is 1.94 bits per heavy atom. The molecule has 0 aliphatic carbocycles. The summed E-state index contributed by atoms with van der Waals surface area (Å²) in [4.78, 5) is 22.0. The summed E-state index contributed by atoms with van der Waals surface area (Å²) < 4.78 is 5.78. The number of benzene rings is 3. The molecule has 6 heteroatoms.